The zero-order valence-electron chi connectivity index (χ0n) is 12.8. The van der Waals surface area contributed by atoms with Gasteiger partial charge >= 0.3 is 0 Å². The van der Waals surface area contributed by atoms with E-state index < -0.39 is 0 Å². The van der Waals surface area contributed by atoms with Crippen LogP contribution in [-0.4, -0.2) is 22.5 Å². The zero-order valence-corrected chi connectivity index (χ0v) is 12.8. The summed E-state index contributed by atoms with van der Waals surface area (Å²) in [4.78, 5) is 12.2. The fourth-order valence-electron chi connectivity index (χ4n) is 3.16. The normalized spacial score (nSPS) is 16.7. The minimum absolute atomic E-state index is 0.153. The van der Waals surface area contributed by atoms with E-state index in [9.17, 15) is 4.79 Å². The van der Waals surface area contributed by atoms with Crippen molar-refractivity contribution in [3.8, 4) is 11.5 Å². The van der Waals surface area contributed by atoms with Crippen LogP contribution in [0.2, 0.25) is 0 Å². The second-order valence-corrected chi connectivity index (χ2v) is 5.99. The maximum atomic E-state index is 12.2. The van der Waals surface area contributed by atoms with E-state index in [-0.39, 0.29) is 12.7 Å². The fraction of sp³-hybridized carbons (Fsp3) is 0.412. The molecule has 1 N–H and O–H groups in total. The van der Waals surface area contributed by atoms with Crippen molar-refractivity contribution in [2.24, 2.45) is 0 Å². The molecule has 6 heteroatoms. The van der Waals surface area contributed by atoms with E-state index in [1.165, 1.54) is 12.8 Å². The summed E-state index contributed by atoms with van der Waals surface area (Å²) in [6, 6.07) is 7.90. The van der Waals surface area contributed by atoms with Crippen LogP contribution < -0.4 is 14.8 Å². The van der Waals surface area contributed by atoms with Gasteiger partial charge in [-0.15, -0.1) is 0 Å². The Labute approximate surface area is 134 Å². The molecule has 1 fully saturated rings. The lowest BCUT2D eigenvalue weighted by Crippen LogP contribution is -2.23. The van der Waals surface area contributed by atoms with Crippen molar-refractivity contribution in [2.45, 2.75) is 38.3 Å². The Bertz CT molecular complexity index is 720. The van der Waals surface area contributed by atoms with Gasteiger partial charge in [-0.05, 0) is 36.6 Å². The molecule has 1 aliphatic heterocycles. The highest BCUT2D eigenvalue weighted by Crippen LogP contribution is 2.32. The molecule has 4 rings (SSSR count). The Morgan fingerprint density at radius 2 is 2.04 bits per heavy atom. The van der Waals surface area contributed by atoms with Crippen LogP contribution in [0.5, 0.6) is 11.5 Å². The van der Waals surface area contributed by atoms with Gasteiger partial charge in [0.2, 0.25) is 6.79 Å². The van der Waals surface area contributed by atoms with Crippen molar-refractivity contribution < 1.29 is 14.3 Å². The summed E-state index contributed by atoms with van der Waals surface area (Å²) in [6.45, 7) is 0.690. The van der Waals surface area contributed by atoms with E-state index in [1.807, 2.05) is 29.1 Å². The molecular weight excluding hydrogens is 294 g/mol. The van der Waals surface area contributed by atoms with Gasteiger partial charge in [0.05, 0.1) is 6.04 Å². The van der Waals surface area contributed by atoms with Crippen LogP contribution in [0.4, 0.5) is 0 Å². The SMILES string of the molecule is O=C(NCc1ccc2c(c1)OCO2)c1ccn(C2CCCC2)n1. The van der Waals surface area contributed by atoms with Crippen LogP contribution in [0, 0.1) is 0 Å². The molecule has 1 aliphatic carbocycles. The molecule has 0 unspecified atom stereocenters. The predicted molar refractivity (Wildman–Crippen MR) is 83.5 cm³/mol. The molecule has 1 amide bonds. The minimum atomic E-state index is -0.153. The molecule has 0 bridgehead atoms. The van der Waals surface area contributed by atoms with Crippen molar-refractivity contribution in [1.29, 1.82) is 0 Å². The van der Waals surface area contributed by atoms with Gasteiger partial charge in [0.1, 0.15) is 5.69 Å². The molecule has 23 heavy (non-hydrogen) atoms. The van der Waals surface area contributed by atoms with Gasteiger partial charge in [0, 0.05) is 12.7 Å². The molecular formula is C17H19N3O3. The van der Waals surface area contributed by atoms with Crippen LogP contribution in [0.3, 0.4) is 0 Å². The monoisotopic (exact) mass is 313 g/mol. The molecule has 2 aromatic rings. The molecule has 0 saturated heterocycles. The van der Waals surface area contributed by atoms with Crippen molar-refractivity contribution in [3.05, 3.63) is 41.7 Å². The van der Waals surface area contributed by atoms with Gasteiger partial charge in [0.25, 0.3) is 5.91 Å². The van der Waals surface area contributed by atoms with Crippen LogP contribution in [0.15, 0.2) is 30.5 Å². The molecule has 1 saturated carbocycles. The topological polar surface area (TPSA) is 65.4 Å². The first-order valence-electron chi connectivity index (χ1n) is 8.01. The van der Waals surface area contributed by atoms with Gasteiger partial charge in [-0.3, -0.25) is 9.48 Å². The van der Waals surface area contributed by atoms with Gasteiger partial charge in [-0.25, -0.2) is 0 Å². The Kier molecular flexibility index (Phi) is 3.65. The average Bonchev–Trinajstić information content (AvgIpc) is 3.32. The Balaban J connectivity index is 1.38. The number of hydrogen-bond acceptors (Lipinski definition) is 4. The van der Waals surface area contributed by atoms with E-state index in [0.717, 1.165) is 29.9 Å². The van der Waals surface area contributed by atoms with Crippen molar-refractivity contribution in [3.63, 3.8) is 0 Å². The summed E-state index contributed by atoms with van der Waals surface area (Å²) >= 11 is 0. The Hall–Kier alpha value is -2.50. The van der Waals surface area contributed by atoms with Crippen molar-refractivity contribution in [1.82, 2.24) is 15.1 Å². The number of aromatic nitrogens is 2. The smallest absolute Gasteiger partial charge is 0.272 e. The second kappa shape index (κ2) is 5.95. The standard InChI is InChI=1S/C17H19N3O3/c21-17(14-7-8-20(19-14)13-3-1-2-4-13)18-10-12-5-6-15-16(9-12)23-11-22-15/h5-9,13H,1-4,10-11H2,(H,18,21). The highest BCUT2D eigenvalue weighted by Gasteiger charge is 2.19. The minimum Gasteiger partial charge on any atom is -0.454 e. The third-order valence-corrected chi connectivity index (χ3v) is 4.43. The molecule has 0 radical (unpaired) electrons. The summed E-state index contributed by atoms with van der Waals surface area (Å²) in [6.07, 6.45) is 6.71. The van der Waals surface area contributed by atoms with Crippen molar-refractivity contribution in [2.75, 3.05) is 6.79 Å². The molecule has 2 aliphatic rings. The Morgan fingerprint density at radius 3 is 2.91 bits per heavy atom. The van der Waals surface area contributed by atoms with Gasteiger partial charge < -0.3 is 14.8 Å². The van der Waals surface area contributed by atoms with Crippen molar-refractivity contribution >= 4 is 5.91 Å². The molecule has 120 valence electrons. The molecule has 0 atom stereocenters. The summed E-state index contributed by atoms with van der Waals surface area (Å²) in [5.41, 5.74) is 1.44. The molecule has 0 spiro atoms. The van der Waals surface area contributed by atoms with Crippen LogP contribution in [-0.2, 0) is 6.54 Å². The highest BCUT2D eigenvalue weighted by atomic mass is 16.7. The molecule has 2 heterocycles. The maximum absolute atomic E-state index is 12.2. The quantitative estimate of drug-likeness (QED) is 0.942. The number of rotatable bonds is 4. The summed E-state index contributed by atoms with van der Waals surface area (Å²) in [7, 11) is 0. The van der Waals surface area contributed by atoms with E-state index >= 15 is 0 Å². The lowest BCUT2D eigenvalue weighted by Gasteiger charge is -2.09. The zero-order chi connectivity index (χ0) is 15.6. The number of nitrogens with one attached hydrogen (secondary N) is 1. The summed E-state index contributed by atoms with van der Waals surface area (Å²) in [5, 5.41) is 7.32. The van der Waals surface area contributed by atoms with Crippen LogP contribution in [0.1, 0.15) is 47.8 Å². The van der Waals surface area contributed by atoms with Gasteiger partial charge in [-0.2, -0.15) is 5.10 Å². The van der Waals surface area contributed by atoms with Crippen LogP contribution in [0.25, 0.3) is 0 Å². The number of hydrogen-bond donors (Lipinski definition) is 1. The summed E-state index contributed by atoms with van der Waals surface area (Å²) < 4.78 is 12.6. The maximum Gasteiger partial charge on any atom is 0.272 e. The number of fused-ring (bicyclic) bond motifs is 1. The first-order valence-corrected chi connectivity index (χ1v) is 8.01. The molecule has 1 aromatic carbocycles. The number of carbonyl (C=O) groups excluding carboxylic acids is 1. The lowest BCUT2D eigenvalue weighted by molar-refractivity contribution is 0.0944. The van der Waals surface area contributed by atoms with Gasteiger partial charge in [0.15, 0.2) is 11.5 Å². The lowest BCUT2D eigenvalue weighted by atomic mass is 10.2. The number of carbonyl (C=O) groups is 1. The number of nitrogens with zero attached hydrogens (tertiary/aromatic N) is 2. The fourth-order valence-corrected chi connectivity index (χ4v) is 3.16. The summed E-state index contributed by atoms with van der Waals surface area (Å²) in [5.74, 6) is 1.32. The number of amides is 1. The van der Waals surface area contributed by atoms with E-state index in [4.69, 9.17) is 9.47 Å². The van der Waals surface area contributed by atoms with E-state index in [0.29, 0.717) is 18.3 Å². The van der Waals surface area contributed by atoms with Crippen LogP contribution >= 0.6 is 0 Å². The number of benzene rings is 1. The Morgan fingerprint density at radius 1 is 1.22 bits per heavy atom. The largest absolute Gasteiger partial charge is 0.454 e. The van der Waals surface area contributed by atoms with Gasteiger partial charge in [-0.1, -0.05) is 18.9 Å². The third-order valence-electron chi connectivity index (χ3n) is 4.43. The molecule has 1 aromatic heterocycles. The third kappa shape index (κ3) is 2.88. The predicted octanol–water partition coefficient (Wildman–Crippen LogP) is 2.66. The van der Waals surface area contributed by atoms with E-state index in [2.05, 4.69) is 10.4 Å². The number of ether oxygens (including phenoxy) is 2. The first kappa shape index (κ1) is 14.1. The second-order valence-electron chi connectivity index (χ2n) is 5.99. The average molecular weight is 313 g/mol. The van der Waals surface area contributed by atoms with E-state index in [1.54, 1.807) is 6.07 Å². The molecule has 6 nitrogen and oxygen atoms in total. The highest BCUT2D eigenvalue weighted by molar-refractivity contribution is 5.92. The first-order chi connectivity index (χ1) is 11.3.